The number of allylic oxidation sites excluding steroid dienone is 1. The first-order valence-corrected chi connectivity index (χ1v) is 10.6. The van der Waals surface area contributed by atoms with Gasteiger partial charge in [-0.2, -0.15) is 0 Å². The summed E-state index contributed by atoms with van der Waals surface area (Å²) in [5.74, 6) is -0.794. The molecule has 1 aliphatic rings. The van der Waals surface area contributed by atoms with E-state index in [0.717, 1.165) is 36.0 Å². The van der Waals surface area contributed by atoms with Crippen molar-refractivity contribution < 1.29 is 18.0 Å². The fourth-order valence-electron chi connectivity index (χ4n) is 4.25. The number of hydrogen-bond acceptors (Lipinski definition) is 2. The van der Waals surface area contributed by atoms with Crippen LogP contribution in [0.1, 0.15) is 36.0 Å². The number of benzene rings is 2. The molecule has 4 rings (SSSR count). The van der Waals surface area contributed by atoms with Crippen LogP contribution in [0.2, 0.25) is 0 Å². The second kappa shape index (κ2) is 9.29. The van der Waals surface area contributed by atoms with Gasteiger partial charge in [-0.15, -0.1) is 0 Å². The Labute approximate surface area is 180 Å². The predicted molar refractivity (Wildman–Crippen MR) is 115 cm³/mol. The predicted octanol–water partition coefficient (Wildman–Crippen LogP) is 5.56. The summed E-state index contributed by atoms with van der Waals surface area (Å²) in [5.41, 5.74) is 2.25. The first-order valence-electron chi connectivity index (χ1n) is 10.6. The van der Waals surface area contributed by atoms with E-state index in [4.69, 9.17) is 4.42 Å². The summed E-state index contributed by atoms with van der Waals surface area (Å²) in [6.07, 6.45) is 10.3. The summed E-state index contributed by atoms with van der Waals surface area (Å²) in [5, 5.41) is 2.90. The largest absolute Gasteiger partial charge is 0.472 e. The Morgan fingerprint density at radius 3 is 2.39 bits per heavy atom. The molecule has 3 aromatic rings. The van der Waals surface area contributed by atoms with Crippen molar-refractivity contribution in [2.45, 2.75) is 31.1 Å². The van der Waals surface area contributed by atoms with Crippen LogP contribution in [0.25, 0.3) is 0 Å². The van der Waals surface area contributed by atoms with Crippen molar-refractivity contribution in [1.29, 1.82) is 0 Å². The number of halogens is 2. The van der Waals surface area contributed by atoms with Crippen LogP contribution in [-0.2, 0) is 16.6 Å². The highest BCUT2D eigenvalue weighted by atomic mass is 19.1. The highest BCUT2D eigenvalue weighted by molar-refractivity contribution is 5.87. The van der Waals surface area contributed by atoms with E-state index >= 15 is 0 Å². The van der Waals surface area contributed by atoms with E-state index in [1.165, 1.54) is 24.3 Å². The van der Waals surface area contributed by atoms with Gasteiger partial charge in [0.25, 0.3) is 0 Å². The van der Waals surface area contributed by atoms with E-state index in [2.05, 4.69) is 5.32 Å². The zero-order valence-electron chi connectivity index (χ0n) is 17.2. The molecule has 31 heavy (non-hydrogen) atoms. The summed E-state index contributed by atoms with van der Waals surface area (Å²) in [6.45, 7) is 0.602. The summed E-state index contributed by atoms with van der Waals surface area (Å²) < 4.78 is 32.8. The van der Waals surface area contributed by atoms with Crippen molar-refractivity contribution in [3.05, 3.63) is 108 Å². The van der Waals surface area contributed by atoms with E-state index in [-0.39, 0.29) is 23.5 Å². The van der Waals surface area contributed by atoms with Gasteiger partial charge in [-0.25, -0.2) is 8.78 Å². The van der Waals surface area contributed by atoms with Crippen molar-refractivity contribution in [3.63, 3.8) is 0 Å². The van der Waals surface area contributed by atoms with Gasteiger partial charge in [0, 0.05) is 12.0 Å². The van der Waals surface area contributed by atoms with E-state index < -0.39 is 5.41 Å². The molecule has 1 fully saturated rings. The van der Waals surface area contributed by atoms with Gasteiger partial charge in [0.15, 0.2) is 0 Å². The Bertz CT molecular complexity index is 1010. The van der Waals surface area contributed by atoms with Gasteiger partial charge < -0.3 is 9.73 Å². The van der Waals surface area contributed by atoms with Crippen molar-refractivity contribution in [1.82, 2.24) is 5.32 Å². The molecule has 1 aliphatic carbocycles. The molecule has 0 radical (unpaired) electrons. The molecule has 0 spiro atoms. The standard InChI is InChI=1S/C26H25F2NO2/c27-23-8-3-6-20(15-23)26(21-7-4-9-24(28)16-21)17-22(26)10-11-25(30)29-13-2-1-5-19-12-14-31-18-19/h3-4,6-12,14-16,18,22H,1-2,5,13,17H2,(H,29,30)/b11-10+/t22-/m1/s1. The van der Waals surface area contributed by atoms with Crippen LogP contribution in [-0.4, -0.2) is 12.5 Å². The Balaban J connectivity index is 1.37. The lowest BCUT2D eigenvalue weighted by Crippen LogP contribution is -2.22. The molecule has 2 aromatic carbocycles. The minimum atomic E-state index is -0.508. The topological polar surface area (TPSA) is 42.2 Å². The Kier molecular flexibility index (Phi) is 6.31. The van der Waals surface area contributed by atoms with E-state index in [1.54, 1.807) is 30.7 Å². The number of unbranched alkanes of at least 4 members (excludes halogenated alkanes) is 1. The maximum absolute atomic E-state index is 13.9. The molecule has 0 saturated heterocycles. The second-order valence-electron chi connectivity index (χ2n) is 8.04. The molecule has 5 heteroatoms. The molecule has 3 nitrogen and oxygen atoms in total. The smallest absolute Gasteiger partial charge is 0.243 e. The maximum Gasteiger partial charge on any atom is 0.243 e. The lowest BCUT2D eigenvalue weighted by Gasteiger charge is -2.18. The number of furan rings is 1. The van der Waals surface area contributed by atoms with Crippen molar-refractivity contribution in [2.75, 3.05) is 6.54 Å². The van der Waals surface area contributed by atoms with Gasteiger partial charge in [-0.3, -0.25) is 4.79 Å². The SMILES string of the molecule is O=C(/C=C/[C@@H]1CC1(c1cccc(F)c1)c1cccc(F)c1)NCCCCc1ccoc1. The van der Waals surface area contributed by atoms with E-state index in [9.17, 15) is 13.6 Å². The Hall–Kier alpha value is -3.21. The number of hydrogen-bond donors (Lipinski definition) is 1. The highest BCUT2D eigenvalue weighted by Crippen LogP contribution is 2.59. The number of carbonyl (C=O) groups is 1. The molecular weight excluding hydrogens is 396 g/mol. The van der Waals surface area contributed by atoms with Crippen molar-refractivity contribution >= 4 is 5.91 Å². The van der Waals surface area contributed by atoms with Crippen LogP contribution in [0.5, 0.6) is 0 Å². The quantitative estimate of drug-likeness (QED) is 0.363. The number of aryl methyl sites for hydroxylation is 1. The number of carbonyl (C=O) groups excluding carboxylic acids is 1. The lowest BCUT2D eigenvalue weighted by atomic mass is 9.85. The Morgan fingerprint density at radius 1 is 1.06 bits per heavy atom. The van der Waals surface area contributed by atoms with Gasteiger partial charge in [0.05, 0.1) is 12.5 Å². The summed E-state index contributed by atoms with van der Waals surface area (Å²) in [4.78, 5) is 12.2. The van der Waals surface area contributed by atoms with Gasteiger partial charge >= 0.3 is 0 Å². The minimum absolute atomic E-state index is 0.00272. The molecule has 0 bridgehead atoms. The summed E-state index contributed by atoms with van der Waals surface area (Å²) in [7, 11) is 0. The lowest BCUT2D eigenvalue weighted by molar-refractivity contribution is -0.116. The number of nitrogens with one attached hydrogen (secondary N) is 1. The third-order valence-corrected chi connectivity index (χ3v) is 5.95. The van der Waals surface area contributed by atoms with Crippen molar-refractivity contribution in [2.24, 2.45) is 5.92 Å². The molecule has 160 valence electrons. The fourth-order valence-corrected chi connectivity index (χ4v) is 4.25. The summed E-state index contributed by atoms with van der Waals surface area (Å²) in [6, 6.07) is 14.8. The average molecular weight is 421 g/mol. The molecule has 0 unspecified atom stereocenters. The van der Waals surface area contributed by atoms with Crippen LogP contribution in [0, 0.1) is 17.6 Å². The number of rotatable bonds is 9. The first-order chi connectivity index (χ1) is 15.1. The molecule has 1 heterocycles. The third-order valence-electron chi connectivity index (χ3n) is 5.95. The van der Waals surface area contributed by atoms with Crippen molar-refractivity contribution in [3.8, 4) is 0 Å². The second-order valence-corrected chi connectivity index (χ2v) is 8.04. The molecule has 1 saturated carbocycles. The zero-order valence-corrected chi connectivity index (χ0v) is 17.2. The van der Waals surface area contributed by atoms with Gasteiger partial charge in [-0.1, -0.05) is 30.3 Å². The molecule has 1 aromatic heterocycles. The highest BCUT2D eigenvalue weighted by Gasteiger charge is 2.55. The van der Waals surface area contributed by atoms with E-state index in [0.29, 0.717) is 13.0 Å². The molecule has 1 amide bonds. The fraction of sp³-hybridized carbons (Fsp3) is 0.269. The Morgan fingerprint density at radius 2 is 1.77 bits per heavy atom. The van der Waals surface area contributed by atoms with E-state index in [1.807, 2.05) is 24.3 Å². The molecular formula is C26H25F2NO2. The van der Waals surface area contributed by atoms with Crippen LogP contribution in [0.15, 0.2) is 83.7 Å². The van der Waals surface area contributed by atoms with Gasteiger partial charge in [-0.05, 0) is 84.7 Å². The normalized spacial score (nSPS) is 17.0. The minimum Gasteiger partial charge on any atom is -0.472 e. The molecule has 0 aliphatic heterocycles. The van der Waals surface area contributed by atoms with Crippen LogP contribution in [0.3, 0.4) is 0 Å². The van der Waals surface area contributed by atoms with Crippen LogP contribution in [0.4, 0.5) is 8.78 Å². The summed E-state index contributed by atoms with van der Waals surface area (Å²) >= 11 is 0. The molecule has 1 N–H and O–H groups in total. The van der Waals surface area contributed by atoms with Crippen LogP contribution >= 0.6 is 0 Å². The first kappa shape index (κ1) is 21.0. The van der Waals surface area contributed by atoms with Gasteiger partial charge in [0.2, 0.25) is 5.91 Å². The number of amides is 1. The molecule has 1 atom stereocenters. The monoisotopic (exact) mass is 421 g/mol. The third kappa shape index (κ3) is 4.93. The van der Waals surface area contributed by atoms with Crippen LogP contribution < -0.4 is 5.32 Å². The maximum atomic E-state index is 13.9. The zero-order chi connectivity index (χ0) is 21.7. The van der Waals surface area contributed by atoms with Gasteiger partial charge in [0.1, 0.15) is 11.6 Å². The average Bonchev–Trinajstić information content (AvgIpc) is 3.27.